The lowest BCUT2D eigenvalue weighted by Gasteiger charge is -2.03. The van der Waals surface area contributed by atoms with Gasteiger partial charge in [0.2, 0.25) is 5.82 Å². The van der Waals surface area contributed by atoms with Crippen molar-refractivity contribution in [2.24, 2.45) is 4.36 Å². The van der Waals surface area contributed by atoms with E-state index in [2.05, 4.69) is 29.0 Å². The lowest BCUT2D eigenvalue weighted by molar-refractivity contribution is -0.159. The number of nitrogens with zero attached hydrogens (tertiary/aromatic N) is 5. The van der Waals surface area contributed by atoms with E-state index in [1.54, 1.807) is 18.2 Å². The van der Waals surface area contributed by atoms with Gasteiger partial charge in [0, 0.05) is 12.5 Å². The molecule has 11 heteroatoms. The lowest BCUT2D eigenvalue weighted by Crippen LogP contribution is -2.04. The van der Waals surface area contributed by atoms with E-state index in [1.807, 2.05) is 0 Å². The molecule has 3 rings (SSSR count). The summed E-state index contributed by atoms with van der Waals surface area (Å²) in [6, 6.07) is 7.77. The van der Waals surface area contributed by atoms with Crippen LogP contribution in [0.25, 0.3) is 11.5 Å². The highest BCUT2D eigenvalue weighted by atomic mass is 32.2. The van der Waals surface area contributed by atoms with Crippen LogP contribution in [0, 0.1) is 0 Å². The van der Waals surface area contributed by atoms with Gasteiger partial charge in [0.25, 0.3) is 0 Å². The first-order valence-corrected chi connectivity index (χ1v) is 8.68. The number of pyridine rings is 2. The minimum atomic E-state index is -4.73. The molecule has 1 atom stereocenters. The fraction of sp³-hybridized carbons (Fsp3) is 0.143. The molecule has 0 fully saturated rings. The van der Waals surface area contributed by atoms with Crippen molar-refractivity contribution in [1.29, 1.82) is 0 Å². The van der Waals surface area contributed by atoms with Gasteiger partial charge in [-0.15, -0.1) is 0 Å². The Morgan fingerprint density at radius 3 is 2.52 bits per heavy atom. The van der Waals surface area contributed by atoms with E-state index in [-0.39, 0.29) is 17.2 Å². The Kier molecular flexibility index (Phi) is 4.25. The molecule has 3 aromatic rings. The predicted octanol–water partition coefficient (Wildman–Crippen LogP) is 3.33. The van der Waals surface area contributed by atoms with E-state index >= 15 is 0 Å². The Hall–Kier alpha value is -2.82. The normalized spacial score (nSPS) is 14.1. The highest BCUT2D eigenvalue weighted by Crippen LogP contribution is 2.29. The van der Waals surface area contributed by atoms with E-state index in [0.29, 0.717) is 5.03 Å². The maximum absolute atomic E-state index is 12.6. The molecule has 3 heterocycles. The zero-order valence-corrected chi connectivity index (χ0v) is 13.5. The van der Waals surface area contributed by atoms with E-state index in [9.17, 15) is 17.4 Å². The van der Waals surface area contributed by atoms with Gasteiger partial charge in [0.15, 0.2) is 0 Å². The molecule has 0 aliphatic heterocycles. The summed E-state index contributed by atoms with van der Waals surface area (Å²) in [6.07, 6.45) is -0.538. The van der Waals surface area contributed by atoms with Crippen LogP contribution in [0.5, 0.6) is 0 Å². The minimum Gasteiger partial charge on any atom is -0.329 e. The zero-order chi connectivity index (χ0) is 18.1. The van der Waals surface area contributed by atoms with Crippen LogP contribution < -0.4 is 0 Å². The Morgan fingerprint density at radius 2 is 1.96 bits per heavy atom. The van der Waals surface area contributed by atoms with Gasteiger partial charge in [-0.2, -0.15) is 22.5 Å². The summed E-state index contributed by atoms with van der Waals surface area (Å²) in [4.78, 5) is 11.2. The molecule has 3 aromatic heterocycles. The predicted molar refractivity (Wildman–Crippen MR) is 81.2 cm³/mol. The molecule has 7 nitrogen and oxygen atoms in total. The highest BCUT2D eigenvalue weighted by Gasteiger charge is 2.38. The highest BCUT2D eigenvalue weighted by molar-refractivity contribution is 7.93. The molecule has 0 amide bonds. The SMILES string of the molecule is CS(=O)(=Nc1ccc(-c2noc(C(F)(F)F)n2)nc1)c1ccccn1. The third-order valence-corrected chi connectivity index (χ3v) is 4.53. The number of rotatable bonds is 3. The first-order chi connectivity index (χ1) is 11.8. The van der Waals surface area contributed by atoms with Gasteiger partial charge in [-0.1, -0.05) is 11.2 Å². The van der Waals surface area contributed by atoms with Crippen LogP contribution in [0.1, 0.15) is 5.89 Å². The Labute approximate surface area is 140 Å². The molecule has 0 aliphatic rings. The zero-order valence-electron chi connectivity index (χ0n) is 12.6. The van der Waals surface area contributed by atoms with Crippen LogP contribution in [-0.2, 0) is 15.9 Å². The largest absolute Gasteiger partial charge is 0.471 e. The van der Waals surface area contributed by atoms with Crippen molar-refractivity contribution in [3.63, 3.8) is 0 Å². The van der Waals surface area contributed by atoms with Crippen molar-refractivity contribution in [2.45, 2.75) is 11.2 Å². The second-order valence-electron chi connectivity index (χ2n) is 4.88. The summed E-state index contributed by atoms with van der Waals surface area (Å²) in [5, 5.41) is 3.55. The van der Waals surface area contributed by atoms with Crippen molar-refractivity contribution in [3.8, 4) is 11.5 Å². The van der Waals surface area contributed by atoms with Gasteiger partial charge < -0.3 is 4.52 Å². The summed E-state index contributed by atoms with van der Waals surface area (Å²) >= 11 is 0. The molecule has 1 unspecified atom stereocenters. The summed E-state index contributed by atoms with van der Waals surface area (Å²) in [5.41, 5.74) is 0.347. The second-order valence-corrected chi connectivity index (χ2v) is 7.09. The third-order valence-electron chi connectivity index (χ3n) is 2.95. The summed E-state index contributed by atoms with van der Waals surface area (Å²) in [6.45, 7) is 0. The fourth-order valence-corrected chi connectivity index (χ4v) is 3.03. The molecule has 0 aromatic carbocycles. The van der Waals surface area contributed by atoms with Gasteiger partial charge in [0.05, 0.1) is 21.6 Å². The molecule has 0 saturated carbocycles. The van der Waals surface area contributed by atoms with Gasteiger partial charge >= 0.3 is 12.1 Å². The van der Waals surface area contributed by atoms with Crippen LogP contribution >= 0.6 is 0 Å². The fourth-order valence-electron chi connectivity index (χ4n) is 1.83. The number of hydrogen-bond acceptors (Lipinski definition) is 7. The molecule has 130 valence electrons. The number of alkyl halides is 3. The summed E-state index contributed by atoms with van der Waals surface area (Å²) < 4.78 is 58.2. The Morgan fingerprint density at radius 1 is 1.16 bits per heavy atom. The average Bonchev–Trinajstić information content (AvgIpc) is 3.06. The van der Waals surface area contributed by atoms with Crippen molar-refractivity contribution in [2.75, 3.05) is 6.26 Å². The van der Waals surface area contributed by atoms with E-state index in [0.717, 1.165) is 0 Å². The first kappa shape index (κ1) is 17.0. The van der Waals surface area contributed by atoms with Gasteiger partial charge in [-0.05, 0) is 24.3 Å². The van der Waals surface area contributed by atoms with Crippen LogP contribution in [-0.4, -0.2) is 30.6 Å². The van der Waals surface area contributed by atoms with Gasteiger partial charge in [-0.3, -0.25) is 4.98 Å². The van der Waals surface area contributed by atoms with Crippen molar-refractivity contribution >= 4 is 15.4 Å². The molecule has 25 heavy (non-hydrogen) atoms. The van der Waals surface area contributed by atoms with E-state index < -0.39 is 21.8 Å². The lowest BCUT2D eigenvalue weighted by atomic mass is 10.3. The third kappa shape index (κ3) is 3.82. The standard InChI is InChI=1S/C14H10F3N5O2S/c1-25(23,11-4-2-3-7-18-11)22-9-5-6-10(19-8-9)12-20-13(24-21-12)14(15,16)17/h2-8H,1H3. The average molecular weight is 369 g/mol. The van der Waals surface area contributed by atoms with Crippen molar-refractivity contribution < 1.29 is 21.9 Å². The Bertz CT molecular complexity index is 993. The molecule has 0 saturated heterocycles. The number of aromatic nitrogens is 4. The van der Waals surface area contributed by atoms with Crippen molar-refractivity contribution in [3.05, 3.63) is 48.6 Å². The number of halogens is 3. The van der Waals surface area contributed by atoms with Gasteiger partial charge in [0.1, 0.15) is 10.7 Å². The molecule has 0 radical (unpaired) electrons. The van der Waals surface area contributed by atoms with Crippen LogP contribution in [0.4, 0.5) is 18.9 Å². The van der Waals surface area contributed by atoms with Crippen molar-refractivity contribution in [1.82, 2.24) is 20.1 Å². The monoisotopic (exact) mass is 369 g/mol. The molecule has 0 aliphatic carbocycles. The molecular formula is C14H10F3N5O2S. The van der Waals surface area contributed by atoms with Crippen LogP contribution in [0.3, 0.4) is 0 Å². The smallest absolute Gasteiger partial charge is 0.329 e. The molecule has 0 spiro atoms. The van der Waals surface area contributed by atoms with Crippen LogP contribution in [0.2, 0.25) is 0 Å². The second kappa shape index (κ2) is 6.24. The first-order valence-electron chi connectivity index (χ1n) is 6.76. The maximum atomic E-state index is 12.6. The quantitative estimate of drug-likeness (QED) is 0.703. The van der Waals surface area contributed by atoms with Crippen LogP contribution in [0.15, 0.2) is 56.6 Å². The molecule has 0 bridgehead atoms. The maximum Gasteiger partial charge on any atom is 0.471 e. The Balaban J connectivity index is 1.89. The summed E-state index contributed by atoms with van der Waals surface area (Å²) in [7, 11) is -2.78. The minimum absolute atomic E-state index is 0.0682. The van der Waals surface area contributed by atoms with E-state index in [1.165, 1.54) is 30.8 Å². The summed E-state index contributed by atoms with van der Waals surface area (Å²) in [5.74, 6) is -1.76. The topological polar surface area (TPSA) is 94.1 Å². The number of hydrogen-bond donors (Lipinski definition) is 0. The van der Waals surface area contributed by atoms with Gasteiger partial charge in [-0.25, -0.2) is 9.19 Å². The molecule has 0 N–H and O–H groups in total. The molecular weight excluding hydrogens is 359 g/mol. The van der Waals surface area contributed by atoms with E-state index in [4.69, 9.17) is 0 Å².